The molecule has 0 heterocycles. The zero-order valence-electron chi connectivity index (χ0n) is 64.4. The first-order chi connectivity index (χ1) is 50.2. The summed E-state index contributed by atoms with van der Waals surface area (Å²) in [4.78, 5) is 58.5. The number of carbonyl (C=O) groups excluding carboxylic acids is 3. The van der Waals surface area contributed by atoms with Gasteiger partial charge in [-0.25, -0.2) is 9.13 Å². The molecule has 0 aliphatic carbocycles. The van der Waals surface area contributed by atoms with E-state index in [9.17, 15) is 43.5 Å². The predicted molar refractivity (Wildman–Crippen MR) is 426 cm³/mol. The van der Waals surface area contributed by atoms with Crippen LogP contribution in [0, 0.1) is 0 Å². The van der Waals surface area contributed by atoms with E-state index in [0.717, 1.165) is 128 Å². The van der Waals surface area contributed by atoms with E-state index < -0.39 is 91.5 Å². The zero-order chi connectivity index (χ0) is 75.2. The Balaban J connectivity index is 4.41. The van der Waals surface area contributed by atoms with Gasteiger partial charge in [0.15, 0.2) is 6.10 Å². The minimum absolute atomic E-state index is 0.0735. The quantitative estimate of drug-likeness (QED) is 0.0146. The van der Waals surface area contributed by atoms with Gasteiger partial charge in [-0.05, 0) is 135 Å². The van der Waals surface area contributed by atoms with E-state index in [4.69, 9.17) is 32.3 Å². The van der Waals surface area contributed by atoms with Gasteiger partial charge in [0, 0.05) is 19.3 Å². The van der Waals surface area contributed by atoms with Gasteiger partial charge < -0.3 is 34.2 Å². The third-order valence-electron chi connectivity index (χ3n) is 16.5. The van der Waals surface area contributed by atoms with Crippen molar-refractivity contribution in [2.45, 2.75) is 334 Å². The van der Waals surface area contributed by atoms with E-state index >= 15 is 0 Å². The summed E-state index contributed by atoms with van der Waals surface area (Å²) in [5.74, 6) is -1.66. The summed E-state index contributed by atoms with van der Waals surface area (Å²) in [5.41, 5.74) is 0. The molecule has 0 saturated carbocycles. The molecule has 4 N–H and O–H groups in total. The SMILES string of the molecule is CC/C=C\C/C=C\C/C=C\C/C=C\C/C=C\CCCCCCCCCCCCCCCCCCCCCC(=O)OCC(O)COP(=O)(O)OCC(O)COP(=O)(O)OCC(COC(=O)CCC/C=C\C/C=C\C/C=C\C/C=C\C/C=C\CC)OC(=O)CCCCCCC/C=C\C/C=C\CCCCC. The maximum atomic E-state index is 12.9. The van der Waals surface area contributed by atoms with Crippen LogP contribution in [-0.2, 0) is 55.8 Å². The number of phosphoric acid groups is 2. The standard InChI is InChI=1S/C85H144O16P2/c1-4-7-10-13-16-19-22-25-28-30-31-32-33-34-35-36-37-38-39-40-41-42-43-44-45-46-47-49-52-53-56-59-62-65-68-71-83(88)95-74-80(86)75-97-102(91,92)98-76-81(87)77-99-103(93,94)100-79-82(101-85(90)73-70-67-64-61-58-55-50-27-24-21-18-15-12-9-6-3)78-96-84(89)72-69-66-63-60-57-54-51-48-29-26-23-20-17-14-11-8-5-2/h7-8,10-11,16-21,25-29,31-32,34-35,50-51,54,60,63,80-82,86-87H,4-6,9,12-15,22-24,30,33,36-49,52-53,55-59,61-62,64-79H2,1-3H3,(H,91,92)(H,93,94)/b10-7-,11-8-,19-16-,20-17-,21-18-,28-25-,29-26-,32-31-,35-34-,50-27-,54-51-,63-60-. The fraction of sp³-hybridized carbons (Fsp3) is 0.682. The molecule has 0 bridgehead atoms. The van der Waals surface area contributed by atoms with Gasteiger partial charge in [0.05, 0.1) is 26.4 Å². The molecular weight excluding hydrogens is 1340 g/mol. The highest BCUT2D eigenvalue weighted by Crippen LogP contribution is 2.45. The molecule has 0 aliphatic heterocycles. The van der Waals surface area contributed by atoms with Crippen molar-refractivity contribution in [1.82, 2.24) is 0 Å². The Morgan fingerprint density at radius 3 is 0.854 bits per heavy atom. The normalized spacial score (nSPS) is 14.7. The summed E-state index contributed by atoms with van der Waals surface area (Å²) in [6, 6.07) is 0. The second-order valence-electron chi connectivity index (χ2n) is 26.5. The Morgan fingerprint density at radius 2 is 0.524 bits per heavy atom. The lowest BCUT2D eigenvalue weighted by Gasteiger charge is -2.21. The van der Waals surface area contributed by atoms with Crippen LogP contribution >= 0.6 is 15.6 Å². The van der Waals surface area contributed by atoms with Crippen LogP contribution in [-0.4, -0.2) is 95.9 Å². The van der Waals surface area contributed by atoms with Gasteiger partial charge in [-0.1, -0.05) is 308 Å². The number of hydrogen-bond acceptors (Lipinski definition) is 14. The van der Waals surface area contributed by atoms with Crippen molar-refractivity contribution in [3.05, 3.63) is 146 Å². The van der Waals surface area contributed by atoms with Crippen molar-refractivity contribution in [2.24, 2.45) is 0 Å². The molecule has 0 fully saturated rings. The summed E-state index contributed by atoms with van der Waals surface area (Å²) in [5, 5.41) is 20.6. The number of rotatable bonds is 75. The van der Waals surface area contributed by atoms with Crippen LogP contribution < -0.4 is 0 Å². The first-order valence-corrected chi connectivity index (χ1v) is 43.1. The van der Waals surface area contributed by atoms with Gasteiger partial charge in [0.25, 0.3) is 0 Å². The zero-order valence-corrected chi connectivity index (χ0v) is 66.2. The molecule has 18 heteroatoms. The highest BCUT2D eigenvalue weighted by atomic mass is 31.2. The van der Waals surface area contributed by atoms with E-state index in [0.29, 0.717) is 25.7 Å². The topological polar surface area (TPSA) is 231 Å². The minimum atomic E-state index is -4.95. The molecule has 0 amide bonds. The molecule has 0 aromatic heterocycles. The third-order valence-corrected chi connectivity index (χ3v) is 18.4. The van der Waals surface area contributed by atoms with Crippen LogP contribution in [0.4, 0.5) is 0 Å². The molecule has 0 aliphatic rings. The smallest absolute Gasteiger partial charge is 0.463 e. The van der Waals surface area contributed by atoms with Crippen LogP contribution in [0.3, 0.4) is 0 Å². The number of ether oxygens (including phenoxy) is 3. The number of allylic oxidation sites excluding steroid dienone is 24. The van der Waals surface area contributed by atoms with Crippen LogP contribution in [0.2, 0.25) is 0 Å². The summed E-state index contributed by atoms with van der Waals surface area (Å²) >= 11 is 0. The van der Waals surface area contributed by atoms with Crippen molar-refractivity contribution >= 4 is 33.6 Å². The number of carbonyl (C=O) groups is 3. The van der Waals surface area contributed by atoms with Gasteiger partial charge in [-0.3, -0.25) is 32.5 Å². The fourth-order valence-corrected chi connectivity index (χ4v) is 12.1. The first kappa shape index (κ1) is 98.4. The van der Waals surface area contributed by atoms with E-state index in [1.807, 2.05) is 12.2 Å². The lowest BCUT2D eigenvalue weighted by atomic mass is 10.0. The second-order valence-corrected chi connectivity index (χ2v) is 29.4. The van der Waals surface area contributed by atoms with Crippen LogP contribution in [0.25, 0.3) is 0 Å². The number of aliphatic hydroxyl groups is 2. The van der Waals surface area contributed by atoms with Gasteiger partial charge in [-0.2, -0.15) is 0 Å². The summed E-state index contributed by atoms with van der Waals surface area (Å²) in [6.07, 6.45) is 95.0. The number of esters is 3. The summed E-state index contributed by atoms with van der Waals surface area (Å²) in [6.45, 7) is 2.35. The molecular formula is C85H144O16P2. The molecule has 0 aromatic rings. The average molecular weight is 1480 g/mol. The maximum absolute atomic E-state index is 12.9. The van der Waals surface area contributed by atoms with Gasteiger partial charge in [-0.15, -0.1) is 0 Å². The number of phosphoric ester groups is 2. The highest BCUT2D eigenvalue weighted by molar-refractivity contribution is 7.47. The molecule has 16 nitrogen and oxygen atoms in total. The maximum Gasteiger partial charge on any atom is 0.472 e. The monoisotopic (exact) mass is 1480 g/mol. The third kappa shape index (κ3) is 78.3. The average Bonchev–Trinajstić information content (AvgIpc) is 0.915. The van der Waals surface area contributed by atoms with Gasteiger partial charge in [0.1, 0.15) is 25.4 Å². The molecule has 0 radical (unpaired) electrons. The lowest BCUT2D eigenvalue weighted by molar-refractivity contribution is -0.161. The Kier molecular flexibility index (Phi) is 73.6. The molecule has 5 atom stereocenters. The fourth-order valence-electron chi connectivity index (χ4n) is 10.5. The number of hydrogen-bond donors (Lipinski definition) is 4. The Morgan fingerprint density at radius 1 is 0.282 bits per heavy atom. The Bertz CT molecular complexity index is 2450. The van der Waals surface area contributed by atoms with Crippen LogP contribution in [0.5, 0.6) is 0 Å². The van der Waals surface area contributed by atoms with E-state index in [-0.39, 0.29) is 19.3 Å². The van der Waals surface area contributed by atoms with E-state index in [1.165, 1.54) is 122 Å². The predicted octanol–water partition coefficient (Wildman–Crippen LogP) is 23.7. The van der Waals surface area contributed by atoms with Crippen LogP contribution in [0.15, 0.2) is 146 Å². The summed E-state index contributed by atoms with van der Waals surface area (Å²) in [7, 11) is -9.81. The minimum Gasteiger partial charge on any atom is -0.463 e. The van der Waals surface area contributed by atoms with Gasteiger partial charge >= 0.3 is 33.6 Å². The molecule has 0 spiro atoms. The number of unbranched alkanes of at least 4 members (excludes halogenated alkanes) is 28. The van der Waals surface area contributed by atoms with E-state index in [2.05, 4.69) is 154 Å². The van der Waals surface area contributed by atoms with Crippen molar-refractivity contribution in [1.29, 1.82) is 0 Å². The molecule has 0 rings (SSSR count). The Labute approximate surface area is 626 Å². The molecule has 103 heavy (non-hydrogen) atoms. The van der Waals surface area contributed by atoms with Crippen molar-refractivity contribution in [3.63, 3.8) is 0 Å². The van der Waals surface area contributed by atoms with Gasteiger partial charge in [0.2, 0.25) is 0 Å². The van der Waals surface area contributed by atoms with Crippen molar-refractivity contribution < 1.29 is 75.8 Å². The molecule has 0 aromatic carbocycles. The highest BCUT2D eigenvalue weighted by Gasteiger charge is 2.29. The second kappa shape index (κ2) is 77.1. The summed E-state index contributed by atoms with van der Waals surface area (Å²) < 4.78 is 61.0. The molecule has 5 unspecified atom stereocenters. The molecule has 590 valence electrons. The van der Waals surface area contributed by atoms with Crippen molar-refractivity contribution in [3.8, 4) is 0 Å². The first-order valence-electron chi connectivity index (χ1n) is 40.1. The van der Waals surface area contributed by atoms with E-state index in [1.54, 1.807) is 0 Å². The lowest BCUT2D eigenvalue weighted by Crippen LogP contribution is -2.30. The largest absolute Gasteiger partial charge is 0.472 e. The Hall–Kier alpha value is -4.57. The molecule has 0 saturated heterocycles. The van der Waals surface area contributed by atoms with Crippen molar-refractivity contribution in [2.75, 3.05) is 39.6 Å². The van der Waals surface area contributed by atoms with Crippen LogP contribution in [0.1, 0.15) is 316 Å². The number of aliphatic hydroxyl groups excluding tert-OH is 2.